The van der Waals surface area contributed by atoms with E-state index in [-0.39, 0.29) is 5.92 Å². The van der Waals surface area contributed by atoms with Crippen LogP contribution in [0.4, 0.5) is 0 Å². The molecule has 0 saturated carbocycles. The molecule has 0 spiro atoms. The third-order valence-corrected chi connectivity index (χ3v) is 3.19. The molecule has 1 aromatic heterocycles. The van der Waals surface area contributed by atoms with Crippen molar-refractivity contribution in [3.63, 3.8) is 0 Å². The minimum atomic E-state index is -0.909. The van der Waals surface area contributed by atoms with Gasteiger partial charge in [-0.2, -0.15) is 0 Å². The van der Waals surface area contributed by atoms with Crippen LogP contribution in [0.3, 0.4) is 0 Å². The van der Waals surface area contributed by atoms with E-state index in [1.54, 1.807) is 0 Å². The Bertz CT molecular complexity index is 566. The average molecular weight is 274 g/mol. The topological polar surface area (TPSA) is 80.9 Å². The Kier molecular flexibility index (Phi) is 4.45. The van der Waals surface area contributed by atoms with Crippen LogP contribution in [0.5, 0.6) is 0 Å². The zero-order chi connectivity index (χ0) is 14.5. The Morgan fingerprint density at radius 2 is 1.95 bits per heavy atom. The Morgan fingerprint density at radius 1 is 1.25 bits per heavy atom. The Hall–Kier alpha value is -2.24. The summed E-state index contributed by atoms with van der Waals surface area (Å²) in [6.07, 6.45) is 1.40. The molecule has 20 heavy (non-hydrogen) atoms. The summed E-state index contributed by atoms with van der Waals surface area (Å²) in [6.45, 7) is 3.70. The summed E-state index contributed by atoms with van der Waals surface area (Å²) in [4.78, 5) is 11.3. The standard InChI is InChI=1S/C14H18N4O2/c1-10(2)13(14(19)20)18-12(15-16-17-18)9-8-11-6-4-3-5-7-11/h3-7,10,13H,8-9H2,1-2H3,(H,19,20). The van der Waals surface area contributed by atoms with Crippen LogP contribution in [-0.4, -0.2) is 31.3 Å². The molecule has 1 aromatic carbocycles. The van der Waals surface area contributed by atoms with E-state index >= 15 is 0 Å². The highest BCUT2D eigenvalue weighted by atomic mass is 16.4. The highest BCUT2D eigenvalue weighted by Gasteiger charge is 2.27. The molecule has 0 aliphatic carbocycles. The summed E-state index contributed by atoms with van der Waals surface area (Å²) in [5.41, 5.74) is 1.18. The van der Waals surface area contributed by atoms with Gasteiger partial charge in [-0.1, -0.05) is 44.2 Å². The zero-order valence-corrected chi connectivity index (χ0v) is 11.6. The van der Waals surface area contributed by atoms with Gasteiger partial charge in [0.1, 0.15) is 0 Å². The lowest BCUT2D eigenvalue weighted by Crippen LogP contribution is -2.27. The highest BCUT2D eigenvalue weighted by molar-refractivity contribution is 5.72. The molecule has 2 rings (SSSR count). The molecular formula is C14H18N4O2. The van der Waals surface area contributed by atoms with Gasteiger partial charge in [0, 0.05) is 6.42 Å². The van der Waals surface area contributed by atoms with Crippen molar-refractivity contribution in [2.24, 2.45) is 5.92 Å². The third kappa shape index (κ3) is 3.20. The second-order valence-electron chi connectivity index (χ2n) is 5.05. The van der Waals surface area contributed by atoms with Crippen molar-refractivity contribution in [1.82, 2.24) is 20.2 Å². The second kappa shape index (κ2) is 6.27. The summed E-state index contributed by atoms with van der Waals surface area (Å²) in [5, 5.41) is 20.7. The maximum Gasteiger partial charge on any atom is 0.328 e. The quantitative estimate of drug-likeness (QED) is 0.867. The molecule has 0 bridgehead atoms. The monoisotopic (exact) mass is 274 g/mol. The predicted octanol–water partition coefficient (Wildman–Crippen LogP) is 1.74. The van der Waals surface area contributed by atoms with Crippen molar-refractivity contribution in [1.29, 1.82) is 0 Å². The molecule has 0 aliphatic heterocycles. The number of aliphatic carboxylic acids is 1. The third-order valence-electron chi connectivity index (χ3n) is 3.19. The van der Waals surface area contributed by atoms with Gasteiger partial charge in [0.15, 0.2) is 11.9 Å². The maximum absolute atomic E-state index is 11.3. The van der Waals surface area contributed by atoms with Crippen LogP contribution in [0.25, 0.3) is 0 Å². The zero-order valence-electron chi connectivity index (χ0n) is 11.6. The number of hydrogen-bond donors (Lipinski definition) is 1. The molecule has 0 amide bonds. The van der Waals surface area contributed by atoms with Crippen molar-refractivity contribution in [2.75, 3.05) is 0 Å². The number of rotatable bonds is 6. The normalized spacial score (nSPS) is 12.6. The molecule has 6 nitrogen and oxygen atoms in total. The molecule has 2 aromatic rings. The smallest absolute Gasteiger partial charge is 0.328 e. The van der Waals surface area contributed by atoms with Gasteiger partial charge in [0.2, 0.25) is 0 Å². The van der Waals surface area contributed by atoms with Crippen LogP contribution < -0.4 is 0 Å². The Balaban J connectivity index is 2.14. The van der Waals surface area contributed by atoms with Crippen LogP contribution in [0, 0.1) is 5.92 Å². The molecule has 1 unspecified atom stereocenters. The van der Waals surface area contributed by atoms with E-state index in [0.29, 0.717) is 12.2 Å². The van der Waals surface area contributed by atoms with Gasteiger partial charge < -0.3 is 5.11 Å². The van der Waals surface area contributed by atoms with E-state index in [1.807, 2.05) is 44.2 Å². The van der Waals surface area contributed by atoms with Crippen molar-refractivity contribution < 1.29 is 9.90 Å². The Labute approximate surface area is 117 Å². The first-order valence-electron chi connectivity index (χ1n) is 6.63. The van der Waals surface area contributed by atoms with Crippen molar-refractivity contribution in [3.05, 3.63) is 41.7 Å². The van der Waals surface area contributed by atoms with Gasteiger partial charge in [-0.3, -0.25) is 0 Å². The summed E-state index contributed by atoms with van der Waals surface area (Å²) in [7, 11) is 0. The fraction of sp³-hybridized carbons (Fsp3) is 0.429. The fourth-order valence-electron chi connectivity index (χ4n) is 2.17. The van der Waals surface area contributed by atoms with Crippen LogP contribution in [0.1, 0.15) is 31.3 Å². The average Bonchev–Trinajstić information content (AvgIpc) is 2.85. The molecule has 6 heteroatoms. The second-order valence-corrected chi connectivity index (χ2v) is 5.05. The van der Waals surface area contributed by atoms with E-state index < -0.39 is 12.0 Å². The number of aromatic nitrogens is 4. The van der Waals surface area contributed by atoms with Gasteiger partial charge in [0.25, 0.3) is 0 Å². The van der Waals surface area contributed by atoms with E-state index in [9.17, 15) is 9.90 Å². The summed E-state index contributed by atoms with van der Waals surface area (Å²) in [5.74, 6) is -0.380. The maximum atomic E-state index is 11.3. The minimum absolute atomic E-state index is 0.0773. The first-order valence-corrected chi connectivity index (χ1v) is 6.63. The van der Waals surface area contributed by atoms with Crippen molar-refractivity contribution in [2.45, 2.75) is 32.7 Å². The fourth-order valence-corrected chi connectivity index (χ4v) is 2.17. The van der Waals surface area contributed by atoms with Gasteiger partial charge in [0.05, 0.1) is 0 Å². The molecule has 1 N–H and O–H groups in total. The van der Waals surface area contributed by atoms with Crippen molar-refractivity contribution in [3.8, 4) is 0 Å². The van der Waals surface area contributed by atoms with E-state index in [0.717, 1.165) is 6.42 Å². The van der Waals surface area contributed by atoms with Gasteiger partial charge in [-0.05, 0) is 28.3 Å². The first-order chi connectivity index (χ1) is 9.59. The van der Waals surface area contributed by atoms with E-state index in [2.05, 4.69) is 15.5 Å². The molecule has 106 valence electrons. The van der Waals surface area contributed by atoms with Gasteiger partial charge >= 0.3 is 5.97 Å². The van der Waals surface area contributed by atoms with Crippen LogP contribution in [0.2, 0.25) is 0 Å². The lowest BCUT2D eigenvalue weighted by molar-refractivity contribution is -0.142. The van der Waals surface area contributed by atoms with Crippen LogP contribution in [0.15, 0.2) is 30.3 Å². The minimum Gasteiger partial charge on any atom is -0.480 e. The summed E-state index contributed by atoms with van der Waals surface area (Å²) in [6, 6.07) is 9.26. The molecule has 0 fully saturated rings. The SMILES string of the molecule is CC(C)C(C(=O)O)n1nnnc1CCc1ccccc1. The predicted molar refractivity (Wildman–Crippen MR) is 73.2 cm³/mol. The molecule has 1 heterocycles. The number of nitrogens with zero attached hydrogens (tertiary/aromatic N) is 4. The number of tetrazole rings is 1. The number of carboxylic acids is 1. The van der Waals surface area contributed by atoms with Gasteiger partial charge in [-0.15, -0.1) is 5.10 Å². The molecule has 0 aliphatic rings. The van der Waals surface area contributed by atoms with Crippen molar-refractivity contribution >= 4 is 5.97 Å². The van der Waals surface area contributed by atoms with Crippen LogP contribution in [-0.2, 0) is 17.6 Å². The number of carbonyl (C=O) groups is 1. The summed E-state index contributed by atoms with van der Waals surface area (Å²) < 4.78 is 1.43. The molecular weight excluding hydrogens is 256 g/mol. The highest BCUT2D eigenvalue weighted by Crippen LogP contribution is 2.18. The Morgan fingerprint density at radius 3 is 2.55 bits per heavy atom. The molecule has 0 saturated heterocycles. The molecule has 0 radical (unpaired) electrons. The first kappa shape index (κ1) is 14.2. The largest absolute Gasteiger partial charge is 0.480 e. The number of aryl methyl sites for hydroxylation is 2. The number of hydrogen-bond acceptors (Lipinski definition) is 4. The summed E-state index contributed by atoms with van der Waals surface area (Å²) >= 11 is 0. The lowest BCUT2D eigenvalue weighted by Gasteiger charge is -2.17. The van der Waals surface area contributed by atoms with E-state index in [4.69, 9.17) is 0 Å². The molecule has 1 atom stereocenters. The number of carboxylic acid groups (broad SMARTS) is 1. The van der Waals surface area contributed by atoms with Gasteiger partial charge in [-0.25, -0.2) is 9.48 Å². The van der Waals surface area contributed by atoms with Crippen LogP contribution >= 0.6 is 0 Å². The lowest BCUT2D eigenvalue weighted by atomic mass is 10.0. The van der Waals surface area contributed by atoms with E-state index in [1.165, 1.54) is 10.2 Å². The number of benzene rings is 1.